The first-order valence-electron chi connectivity index (χ1n) is 8.58. The molecule has 11 heteroatoms. The maximum Gasteiger partial charge on any atom is 0.336 e. The average Bonchev–Trinajstić information content (AvgIpc) is 2.69. The summed E-state index contributed by atoms with van der Waals surface area (Å²) in [5.41, 5.74) is -1.68. The molecule has 2 unspecified atom stereocenters. The summed E-state index contributed by atoms with van der Waals surface area (Å²) >= 11 is 1.16. The Hall–Kier alpha value is -3.08. The number of carbonyl (C=O) groups excluding carboxylic acids is 3. The molecule has 0 spiro atoms. The van der Waals surface area contributed by atoms with E-state index in [1.54, 1.807) is 0 Å². The van der Waals surface area contributed by atoms with Gasteiger partial charge in [-0.3, -0.25) is 19.2 Å². The predicted octanol–water partition coefficient (Wildman–Crippen LogP) is 0.0324. The molecular weight excluding hydrogens is 404 g/mol. The summed E-state index contributed by atoms with van der Waals surface area (Å²) in [6.07, 6.45) is 0. The van der Waals surface area contributed by atoms with E-state index >= 15 is 0 Å². The van der Waals surface area contributed by atoms with Crippen LogP contribution in [0.2, 0.25) is 0 Å². The number of carbonyl (C=O) groups is 5. The molecule has 1 aromatic rings. The number of carboxylic acid groups (broad SMARTS) is 2. The standard InChI is InChI=1S/C18H18N2O8S/c1-9(21)28-7-18(17(26)27)6-20-14(23)12(15(20)29-8-18)19-13(22)10-4-2-3-5-11(10)16(24)25/h2-5,12,15H,6-8H2,1H3,(H,19,22)(H,24,25)(H,26,27)/t12?,15-,18?/m1/s1. The number of carboxylic acids is 2. The molecule has 2 amide bonds. The Kier molecular flexibility index (Phi) is 5.51. The van der Waals surface area contributed by atoms with Crippen LogP contribution in [0.4, 0.5) is 0 Å². The van der Waals surface area contributed by atoms with Gasteiger partial charge in [-0.15, -0.1) is 11.8 Å². The smallest absolute Gasteiger partial charge is 0.336 e. The van der Waals surface area contributed by atoms with E-state index in [9.17, 15) is 34.2 Å². The van der Waals surface area contributed by atoms with E-state index in [0.717, 1.165) is 11.8 Å². The van der Waals surface area contributed by atoms with E-state index in [1.807, 2.05) is 0 Å². The molecule has 2 aliphatic heterocycles. The lowest BCUT2D eigenvalue weighted by Crippen LogP contribution is -2.74. The van der Waals surface area contributed by atoms with Gasteiger partial charge in [-0.25, -0.2) is 4.79 Å². The molecule has 0 bridgehead atoms. The van der Waals surface area contributed by atoms with Gasteiger partial charge in [0.25, 0.3) is 5.91 Å². The molecule has 29 heavy (non-hydrogen) atoms. The number of aromatic carboxylic acids is 1. The number of rotatable bonds is 6. The van der Waals surface area contributed by atoms with Crippen molar-refractivity contribution in [2.45, 2.75) is 18.3 Å². The largest absolute Gasteiger partial charge is 0.481 e. The van der Waals surface area contributed by atoms with Crippen LogP contribution in [0.3, 0.4) is 0 Å². The Balaban J connectivity index is 1.71. The number of nitrogens with one attached hydrogen (secondary N) is 1. The first-order chi connectivity index (χ1) is 13.7. The van der Waals surface area contributed by atoms with Crippen LogP contribution in [0.15, 0.2) is 24.3 Å². The van der Waals surface area contributed by atoms with Crippen molar-refractivity contribution < 1.29 is 38.9 Å². The summed E-state index contributed by atoms with van der Waals surface area (Å²) in [6.45, 7) is 0.665. The van der Waals surface area contributed by atoms with Gasteiger partial charge in [0.05, 0.1) is 11.1 Å². The van der Waals surface area contributed by atoms with Crippen LogP contribution < -0.4 is 5.32 Å². The summed E-state index contributed by atoms with van der Waals surface area (Å²) in [4.78, 5) is 60.4. The van der Waals surface area contributed by atoms with Gasteiger partial charge in [0, 0.05) is 19.2 Å². The molecule has 3 atom stereocenters. The van der Waals surface area contributed by atoms with Gasteiger partial charge in [-0.2, -0.15) is 0 Å². The van der Waals surface area contributed by atoms with E-state index in [0.29, 0.717) is 0 Å². The highest BCUT2D eigenvalue weighted by Crippen LogP contribution is 2.42. The fourth-order valence-electron chi connectivity index (χ4n) is 3.23. The molecule has 0 aromatic heterocycles. The van der Waals surface area contributed by atoms with Crippen LogP contribution in [-0.4, -0.2) is 75.2 Å². The first kappa shape index (κ1) is 20.6. The summed E-state index contributed by atoms with van der Waals surface area (Å²) in [6, 6.07) is 4.75. The van der Waals surface area contributed by atoms with Crippen molar-refractivity contribution in [2.75, 3.05) is 18.9 Å². The van der Waals surface area contributed by atoms with Crippen LogP contribution >= 0.6 is 11.8 Å². The maximum atomic E-state index is 12.5. The van der Waals surface area contributed by atoms with Gasteiger partial charge < -0.3 is 25.2 Å². The third-order valence-corrected chi connectivity index (χ3v) is 6.43. The second-order valence-corrected chi connectivity index (χ2v) is 7.94. The molecule has 3 N–H and O–H groups in total. The highest BCUT2D eigenvalue weighted by atomic mass is 32.2. The van der Waals surface area contributed by atoms with Gasteiger partial charge in [0.15, 0.2) is 0 Å². The zero-order chi connectivity index (χ0) is 21.3. The second-order valence-electron chi connectivity index (χ2n) is 6.84. The van der Waals surface area contributed by atoms with E-state index in [4.69, 9.17) is 4.74 Å². The second kappa shape index (κ2) is 7.74. The highest BCUT2D eigenvalue weighted by molar-refractivity contribution is 8.00. The Morgan fingerprint density at radius 2 is 1.90 bits per heavy atom. The molecule has 2 heterocycles. The number of hydrogen-bond donors (Lipinski definition) is 3. The van der Waals surface area contributed by atoms with Crippen LogP contribution in [0.5, 0.6) is 0 Å². The number of hydrogen-bond acceptors (Lipinski definition) is 7. The van der Waals surface area contributed by atoms with Crippen molar-refractivity contribution in [3.63, 3.8) is 0 Å². The van der Waals surface area contributed by atoms with Crippen LogP contribution in [0, 0.1) is 5.41 Å². The van der Waals surface area contributed by atoms with Gasteiger partial charge in [-0.05, 0) is 12.1 Å². The fourth-order valence-corrected chi connectivity index (χ4v) is 4.76. The molecule has 2 fully saturated rings. The molecule has 2 saturated heterocycles. The molecule has 0 saturated carbocycles. The maximum absolute atomic E-state index is 12.5. The van der Waals surface area contributed by atoms with Crippen LogP contribution in [0.25, 0.3) is 0 Å². The number of amides is 2. The lowest BCUT2D eigenvalue weighted by Gasteiger charge is -2.53. The topological polar surface area (TPSA) is 150 Å². The monoisotopic (exact) mass is 422 g/mol. The lowest BCUT2D eigenvalue weighted by molar-refractivity contribution is -0.163. The summed E-state index contributed by atoms with van der Waals surface area (Å²) < 4.78 is 4.88. The molecule has 3 rings (SSSR count). The molecule has 10 nitrogen and oxygen atoms in total. The van der Waals surface area contributed by atoms with Crippen molar-refractivity contribution in [3.8, 4) is 0 Å². The van der Waals surface area contributed by atoms with Gasteiger partial charge >= 0.3 is 17.9 Å². The van der Waals surface area contributed by atoms with E-state index in [2.05, 4.69) is 5.32 Å². The van der Waals surface area contributed by atoms with Gasteiger partial charge in [-0.1, -0.05) is 12.1 Å². The minimum Gasteiger partial charge on any atom is -0.481 e. The molecule has 1 aromatic carbocycles. The number of aliphatic carboxylic acids is 1. The number of β-lactam (4-membered cyclic amide) rings is 1. The Bertz CT molecular complexity index is 904. The minimum absolute atomic E-state index is 0.0678. The fraction of sp³-hybridized carbons (Fsp3) is 0.389. The quantitative estimate of drug-likeness (QED) is 0.426. The third-order valence-electron chi connectivity index (χ3n) is 4.84. The first-order valence-corrected chi connectivity index (χ1v) is 9.63. The normalized spacial score (nSPS) is 25.4. The van der Waals surface area contributed by atoms with E-state index < -0.39 is 46.6 Å². The SMILES string of the molecule is CC(=O)OCC1(C(=O)O)CS[C@@H]2C(NC(=O)c3ccccc3C(=O)O)C(=O)N2C1. The van der Waals surface area contributed by atoms with Gasteiger partial charge in [0.1, 0.15) is 23.4 Å². The van der Waals surface area contributed by atoms with Crippen molar-refractivity contribution in [2.24, 2.45) is 5.41 Å². The third kappa shape index (κ3) is 3.77. The number of fused-ring (bicyclic) bond motifs is 1. The zero-order valence-electron chi connectivity index (χ0n) is 15.3. The molecule has 2 aliphatic rings. The van der Waals surface area contributed by atoms with E-state index in [1.165, 1.54) is 36.1 Å². The van der Waals surface area contributed by atoms with Crippen LogP contribution in [-0.2, 0) is 19.1 Å². The number of benzene rings is 1. The molecular formula is C18H18N2O8S. The number of nitrogens with zero attached hydrogens (tertiary/aromatic N) is 1. The summed E-state index contributed by atoms with van der Waals surface area (Å²) in [5, 5.41) is 20.9. The van der Waals surface area contributed by atoms with Gasteiger partial charge in [0.2, 0.25) is 5.91 Å². The Morgan fingerprint density at radius 3 is 2.48 bits per heavy atom. The number of esters is 1. The highest BCUT2D eigenvalue weighted by Gasteiger charge is 2.58. The predicted molar refractivity (Wildman–Crippen MR) is 99.3 cm³/mol. The number of thioether (sulfide) groups is 1. The number of ether oxygens (including phenoxy) is 1. The zero-order valence-corrected chi connectivity index (χ0v) is 16.1. The summed E-state index contributed by atoms with van der Waals surface area (Å²) in [5.74, 6) is -4.15. The Morgan fingerprint density at radius 1 is 1.24 bits per heavy atom. The van der Waals surface area contributed by atoms with Crippen molar-refractivity contribution in [3.05, 3.63) is 35.4 Å². The van der Waals surface area contributed by atoms with Crippen LogP contribution in [0.1, 0.15) is 27.6 Å². The van der Waals surface area contributed by atoms with Crippen molar-refractivity contribution >= 4 is 41.5 Å². The lowest BCUT2D eigenvalue weighted by atomic mass is 9.88. The average molecular weight is 422 g/mol. The van der Waals surface area contributed by atoms with Crippen molar-refractivity contribution in [1.82, 2.24) is 10.2 Å². The summed E-state index contributed by atoms with van der Waals surface area (Å²) in [7, 11) is 0. The minimum atomic E-state index is -1.42. The molecule has 0 aliphatic carbocycles. The van der Waals surface area contributed by atoms with Crippen molar-refractivity contribution in [1.29, 1.82) is 0 Å². The molecule has 154 valence electrons. The van der Waals surface area contributed by atoms with E-state index in [-0.39, 0.29) is 30.0 Å². The Labute approximate surface area is 169 Å². The molecule has 0 radical (unpaired) electrons.